The predicted octanol–water partition coefficient (Wildman–Crippen LogP) is 5.87. The van der Waals surface area contributed by atoms with Gasteiger partial charge in [0.15, 0.2) is 0 Å². The van der Waals surface area contributed by atoms with Crippen LogP contribution < -0.4 is 5.32 Å². The first-order valence-electron chi connectivity index (χ1n) is 10.5. The fourth-order valence-corrected chi connectivity index (χ4v) is 4.27. The number of hydrogen-bond donors (Lipinski definition) is 1. The number of aryl methyl sites for hydroxylation is 1. The summed E-state index contributed by atoms with van der Waals surface area (Å²) >= 11 is 13.5. The van der Waals surface area contributed by atoms with Crippen molar-refractivity contribution in [3.63, 3.8) is 0 Å². The second-order valence-corrected chi connectivity index (χ2v) is 9.37. The summed E-state index contributed by atoms with van der Waals surface area (Å²) in [5.41, 5.74) is 3.14. The molecule has 7 heteroatoms. The molecular weight excluding hydrogens is 451 g/mol. The quantitative estimate of drug-likeness (QED) is 0.409. The van der Waals surface area contributed by atoms with E-state index in [1.165, 1.54) is 11.8 Å². The lowest BCUT2D eigenvalue weighted by Crippen LogP contribution is -2.48. The third-order valence-electron chi connectivity index (χ3n) is 4.91. The molecule has 1 N–H and O–H groups in total. The molecule has 2 rings (SSSR count). The molecule has 0 aliphatic rings. The molecule has 0 saturated heterocycles. The average molecular weight is 481 g/mol. The summed E-state index contributed by atoms with van der Waals surface area (Å²) in [4.78, 5) is 27.4. The lowest BCUT2D eigenvalue weighted by atomic mass is 10.1. The zero-order valence-corrected chi connectivity index (χ0v) is 20.6. The van der Waals surface area contributed by atoms with Crippen molar-refractivity contribution in [3.8, 4) is 0 Å². The van der Waals surface area contributed by atoms with Crippen LogP contribution in [0.5, 0.6) is 0 Å². The van der Waals surface area contributed by atoms with Gasteiger partial charge in [0.25, 0.3) is 0 Å². The molecule has 2 aromatic rings. The summed E-state index contributed by atoms with van der Waals surface area (Å²) in [7, 11) is 0. The van der Waals surface area contributed by atoms with Gasteiger partial charge in [0, 0.05) is 18.8 Å². The van der Waals surface area contributed by atoms with Crippen LogP contribution in [-0.2, 0) is 21.9 Å². The van der Waals surface area contributed by atoms with Crippen molar-refractivity contribution >= 4 is 46.8 Å². The number of amides is 2. The molecule has 0 aromatic heterocycles. The van der Waals surface area contributed by atoms with Crippen LogP contribution in [0.25, 0.3) is 0 Å². The van der Waals surface area contributed by atoms with Gasteiger partial charge < -0.3 is 10.2 Å². The lowest BCUT2D eigenvalue weighted by molar-refractivity contribution is -0.138. The molecule has 2 amide bonds. The lowest BCUT2D eigenvalue weighted by Gasteiger charge is -2.29. The summed E-state index contributed by atoms with van der Waals surface area (Å²) in [6.07, 6.45) is 1.93. The van der Waals surface area contributed by atoms with Gasteiger partial charge in [0.2, 0.25) is 11.8 Å². The van der Waals surface area contributed by atoms with Crippen LogP contribution in [0.1, 0.15) is 43.4 Å². The van der Waals surface area contributed by atoms with Gasteiger partial charge in [-0.2, -0.15) is 0 Å². The first-order chi connectivity index (χ1) is 14.8. The Hall–Kier alpha value is -1.69. The maximum absolute atomic E-state index is 13.1. The molecule has 2 aromatic carbocycles. The molecule has 0 radical (unpaired) electrons. The first kappa shape index (κ1) is 25.6. The highest BCUT2D eigenvalue weighted by Crippen LogP contribution is 2.25. The van der Waals surface area contributed by atoms with Gasteiger partial charge in [-0.25, -0.2) is 0 Å². The Morgan fingerprint density at radius 3 is 2.55 bits per heavy atom. The molecule has 0 aliphatic heterocycles. The van der Waals surface area contributed by atoms with E-state index in [0.29, 0.717) is 28.9 Å². The number of benzene rings is 2. The SMILES string of the molecule is CCCCNC(=O)C(C)N(Cc1cccc(C)c1)C(=O)CSCc1ccc(Cl)c(Cl)c1. The van der Waals surface area contributed by atoms with Crippen LogP contribution in [-0.4, -0.2) is 35.1 Å². The molecule has 1 atom stereocenters. The Morgan fingerprint density at radius 1 is 1.10 bits per heavy atom. The summed E-state index contributed by atoms with van der Waals surface area (Å²) in [6.45, 7) is 6.91. The molecule has 0 heterocycles. The average Bonchev–Trinajstić information content (AvgIpc) is 2.74. The smallest absolute Gasteiger partial charge is 0.242 e. The summed E-state index contributed by atoms with van der Waals surface area (Å²) in [5.74, 6) is 0.727. The molecule has 1 unspecified atom stereocenters. The van der Waals surface area contributed by atoms with Crippen LogP contribution in [0.2, 0.25) is 10.0 Å². The second-order valence-electron chi connectivity index (χ2n) is 7.57. The molecule has 0 fully saturated rings. The first-order valence-corrected chi connectivity index (χ1v) is 12.4. The number of hydrogen-bond acceptors (Lipinski definition) is 3. The monoisotopic (exact) mass is 480 g/mol. The largest absolute Gasteiger partial charge is 0.354 e. The van der Waals surface area contributed by atoms with E-state index in [1.54, 1.807) is 17.9 Å². The maximum Gasteiger partial charge on any atom is 0.242 e. The Labute approximate surface area is 199 Å². The molecule has 4 nitrogen and oxygen atoms in total. The number of unbranched alkanes of at least 4 members (excludes halogenated alkanes) is 1. The molecule has 0 bridgehead atoms. The predicted molar refractivity (Wildman–Crippen MR) is 132 cm³/mol. The van der Waals surface area contributed by atoms with Crippen molar-refractivity contribution < 1.29 is 9.59 Å². The zero-order chi connectivity index (χ0) is 22.8. The number of nitrogens with one attached hydrogen (secondary N) is 1. The van der Waals surface area contributed by atoms with Gasteiger partial charge in [-0.3, -0.25) is 9.59 Å². The van der Waals surface area contributed by atoms with Crippen molar-refractivity contribution in [3.05, 3.63) is 69.2 Å². The summed E-state index contributed by atoms with van der Waals surface area (Å²) in [6, 6.07) is 12.9. The molecular formula is C24H30Cl2N2O2S. The van der Waals surface area contributed by atoms with Crippen LogP contribution in [0.15, 0.2) is 42.5 Å². The molecule has 0 saturated carbocycles. The van der Waals surface area contributed by atoms with Gasteiger partial charge in [-0.15, -0.1) is 11.8 Å². The standard InChI is InChI=1S/C24H30Cl2N2O2S/c1-4-5-11-27-24(30)18(3)28(14-19-8-6-7-17(2)12-19)23(29)16-31-15-20-9-10-21(25)22(26)13-20/h6-10,12-13,18H,4-5,11,14-16H2,1-3H3,(H,27,30). The van der Waals surface area contributed by atoms with Crippen LogP contribution in [0.3, 0.4) is 0 Å². The third-order valence-corrected chi connectivity index (χ3v) is 6.64. The number of nitrogens with zero attached hydrogens (tertiary/aromatic N) is 1. The maximum atomic E-state index is 13.1. The van der Waals surface area contributed by atoms with E-state index in [1.807, 2.05) is 43.3 Å². The second kappa shape index (κ2) is 13.0. The van der Waals surface area contributed by atoms with Crippen molar-refractivity contribution in [2.24, 2.45) is 0 Å². The Balaban J connectivity index is 2.05. The number of thioether (sulfide) groups is 1. The van der Waals surface area contributed by atoms with Gasteiger partial charge in [-0.05, 0) is 43.5 Å². The van der Waals surface area contributed by atoms with Crippen molar-refractivity contribution in [2.75, 3.05) is 12.3 Å². The topological polar surface area (TPSA) is 49.4 Å². The highest BCUT2D eigenvalue weighted by molar-refractivity contribution is 7.99. The number of halogens is 2. The van der Waals surface area contributed by atoms with Crippen molar-refractivity contribution in [1.29, 1.82) is 0 Å². The van der Waals surface area contributed by atoms with Gasteiger partial charge in [-0.1, -0.05) is 72.4 Å². The van der Waals surface area contributed by atoms with Gasteiger partial charge in [0.05, 0.1) is 15.8 Å². The van der Waals surface area contributed by atoms with E-state index in [4.69, 9.17) is 23.2 Å². The Bertz CT molecular complexity index is 892. The van der Waals surface area contributed by atoms with Gasteiger partial charge >= 0.3 is 0 Å². The van der Waals surface area contributed by atoms with E-state index >= 15 is 0 Å². The van der Waals surface area contributed by atoms with Crippen LogP contribution in [0, 0.1) is 6.92 Å². The van der Waals surface area contributed by atoms with E-state index in [-0.39, 0.29) is 17.6 Å². The van der Waals surface area contributed by atoms with Gasteiger partial charge in [0.1, 0.15) is 6.04 Å². The summed E-state index contributed by atoms with van der Waals surface area (Å²) < 4.78 is 0. The Morgan fingerprint density at radius 2 is 1.87 bits per heavy atom. The zero-order valence-electron chi connectivity index (χ0n) is 18.3. The van der Waals surface area contributed by atoms with E-state index < -0.39 is 6.04 Å². The number of rotatable bonds is 11. The van der Waals surface area contributed by atoms with Crippen LogP contribution >= 0.6 is 35.0 Å². The Kier molecular flexibility index (Phi) is 10.7. The minimum atomic E-state index is -0.546. The fourth-order valence-electron chi connectivity index (χ4n) is 3.09. The van der Waals surface area contributed by atoms with E-state index in [2.05, 4.69) is 12.2 Å². The van der Waals surface area contributed by atoms with E-state index in [0.717, 1.165) is 29.5 Å². The number of carbonyl (C=O) groups is 2. The highest BCUT2D eigenvalue weighted by Gasteiger charge is 2.25. The van der Waals surface area contributed by atoms with Crippen molar-refractivity contribution in [1.82, 2.24) is 10.2 Å². The third kappa shape index (κ3) is 8.40. The minimum absolute atomic E-state index is 0.0651. The van der Waals surface area contributed by atoms with Crippen molar-refractivity contribution in [2.45, 2.75) is 52.0 Å². The molecule has 0 aliphatic carbocycles. The van der Waals surface area contributed by atoms with Crippen LogP contribution in [0.4, 0.5) is 0 Å². The normalized spacial score (nSPS) is 11.8. The fraction of sp³-hybridized carbons (Fsp3) is 0.417. The summed E-state index contributed by atoms with van der Waals surface area (Å²) in [5, 5.41) is 3.96. The highest BCUT2D eigenvalue weighted by atomic mass is 35.5. The minimum Gasteiger partial charge on any atom is -0.354 e. The molecule has 168 valence electrons. The molecule has 0 spiro atoms. The van der Waals surface area contributed by atoms with E-state index in [9.17, 15) is 9.59 Å². The molecule has 31 heavy (non-hydrogen) atoms. The number of carbonyl (C=O) groups excluding carboxylic acids is 2.